The van der Waals surface area contributed by atoms with E-state index in [0.29, 0.717) is 5.75 Å². The summed E-state index contributed by atoms with van der Waals surface area (Å²) in [6.45, 7) is 0. The van der Waals surface area contributed by atoms with Gasteiger partial charge in [0.25, 0.3) is 0 Å². The van der Waals surface area contributed by atoms with Crippen molar-refractivity contribution in [1.29, 1.82) is 0 Å². The maximum atomic E-state index is 12.1. The largest absolute Gasteiger partial charge is 0.316 e. The Kier molecular flexibility index (Phi) is 4.81. The molecule has 1 saturated heterocycles. The molecule has 2 heterocycles. The van der Waals surface area contributed by atoms with Crippen molar-refractivity contribution in [3.05, 3.63) is 22.4 Å². The summed E-state index contributed by atoms with van der Waals surface area (Å²) in [4.78, 5) is 0. The van der Waals surface area contributed by atoms with Gasteiger partial charge in [-0.05, 0) is 55.1 Å². The highest BCUT2D eigenvalue weighted by Crippen LogP contribution is 2.24. The van der Waals surface area contributed by atoms with Gasteiger partial charge in [-0.25, -0.2) is 8.42 Å². The predicted octanol–water partition coefficient (Wildman–Crippen LogP) is 2.24. The molecular formula is C13H21NO2S2. The highest BCUT2D eigenvalue weighted by Gasteiger charge is 2.34. The standard InChI is InChI=1S/C13H21NO2S2/c1-14-12(6-5-11-7-8-17-10-11)13-4-2-3-9-18(13,15)16/h7-8,10,12-14H,2-6,9H2,1H3. The Bertz CT molecular complexity index is 453. The van der Waals surface area contributed by atoms with Crippen molar-refractivity contribution >= 4 is 21.2 Å². The highest BCUT2D eigenvalue weighted by atomic mass is 32.2. The average molecular weight is 287 g/mol. The van der Waals surface area contributed by atoms with Crippen LogP contribution < -0.4 is 5.32 Å². The average Bonchev–Trinajstić information content (AvgIpc) is 2.84. The molecule has 0 aromatic carbocycles. The zero-order valence-electron chi connectivity index (χ0n) is 10.8. The topological polar surface area (TPSA) is 46.2 Å². The van der Waals surface area contributed by atoms with Gasteiger partial charge in [0, 0.05) is 6.04 Å². The van der Waals surface area contributed by atoms with Crippen molar-refractivity contribution in [2.75, 3.05) is 12.8 Å². The maximum absolute atomic E-state index is 12.1. The molecule has 0 radical (unpaired) electrons. The fraction of sp³-hybridized carbons (Fsp3) is 0.692. The molecule has 5 heteroatoms. The second kappa shape index (κ2) is 6.17. The first-order valence-electron chi connectivity index (χ1n) is 6.53. The van der Waals surface area contributed by atoms with E-state index in [4.69, 9.17) is 0 Å². The minimum absolute atomic E-state index is 0.0928. The lowest BCUT2D eigenvalue weighted by atomic mass is 10.0. The van der Waals surface area contributed by atoms with Crippen LogP contribution in [-0.4, -0.2) is 32.5 Å². The van der Waals surface area contributed by atoms with Crippen molar-refractivity contribution in [2.24, 2.45) is 0 Å². The monoisotopic (exact) mass is 287 g/mol. The number of nitrogens with one attached hydrogen (secondary N) is 1. The molecule has 18 heavy (non-hydrogen) atoms. The van der Waals surface area contributed by atoms with Gasteiger partial charge >= 0.3 is 0 Å². The quantitative estimate of drug-likeness (QED) is 0.903. The van der Waals surface area contributed by atoms with Crippen LogP contribution in [0.25, 0.3) is 0 Å². The second-order valence-electron chi connectivity index (χ2n) is 4.97. The minimum Gasteiger partial charge on any atom is -0.316 e. The van der Waals surface area contributed by atoms with E-state index in [2.05, 4.69) is 22.1 Å². The van der Waals surface area contributed by atoms with Gasteiger partial charge in [0.15, 0.2) is 9.84 Å². The molecule has 1 aromatic rings. The third-order valence-corrected chi connectivity index (χ3v) is 6.85. The molecule has 0 amide bonds. The van der Waals surface area contributed by atoms with E-state index in [1.54, 1.807) is 11.3 Å². The lowest BCUT2D eigenvalue weighted by Gasteiger charge is -2.29. The van der Waals surface area contributed by atoms with Crippen LogP contribution >= 0.6 is 11.3 Å². The number of sulfone groups is 1. The van der Waals surface area contributed by atoms with Crippen molar-refractivity contribution in [2.45, 2.75) is 43.4 Å². The van der Waals surface area contributed by atoms with Gasteiger partial charge in [0.1, 0.15) is 0 Å². The Hall–Kier alpha value is -0.390. The minimum atomic E-state index is -2.89. The van der Waals surface area contributed by atoms with Crippen LogP contribution in [0.15, 0.2) is 16.8 Å². The van der Waals surface area contributed by atoms with Gasteiger partial charge in [0.05, 0.1) is 11.0 Å². The maximum Gasteiger partial charge on any atom is 0.154 e. The van der Waals surface area contributed by atoms with Crippen molar-refractivity contribution in [3.63, 3.8) is 0 Å². The van der Waals surface area contributed by atoms with Gasteiger partial charge in [-0.1, -0.05) is 6.42 Å². The summed E-state index contributed by atoms with van der Waals surface area (Å²) in [5, 5.41) is 7.24. The Morgan fingerprint density at radius 2 is 2.33 bits per heavy atom. The summed E-state index contributed by atoms with van der Waals surface area (Å²) in [6, 6.07) is 2.21. The Labute approximate surface area is 114 Å². The van der Waals surface area contributed by atoms with Crippen LogP contribution in [0.4, 0.5) is 0 Å². The molecule has 1 aliphatic heterocycles. The van der Waals surface area contributed by atoms with Gasteiger partial charge < -0.3 is 5.32 Å². The first kappa shape index (κ1) is 14.0. The van der Waals surface area contributed by atoms with Gasteiger partial charge in [-0.2, -0.15) is 11.3 Å². The van der Waals surface area contributed by atoms with E-state index >= 15 is 0 Å². The molecule has 3 nitrogen and oxygen atoms in total. The summed E-state index contributed by atoms with van der Waals surface area (Å²) < 4.78 is 24.2. The third-order valence-electron chi connectivity index (χ3n) is 3.77. The fourth-order valence-electron chi connectivity index (χ4n) is 2.70. The first-order valence-corrected chi connectivity index (χ1v) is 9.19. The number of aryl methyl sites for hydroxylation is 1. The predicted molar refractivity (Wildman–Crippen MR) is 76.9 cm³/mol. The molecule has 0 bridgehead atoms. The normalized spacial score (nSPS) is 24.8. The van der Waals surface area contributed by atoms with E-state index in [0.717, 1.165) is 32.1 Å². The zero-order valence-corrected chi connectivity index (χ0v) is 12.4. The van der Waals surface area contributed by atoms with E-state index in [1.165, 1.54) is 5.56 Å². The number of hydrogen-bond donors (Lipinski definition) is 1. The smallest absolute Gasteiger partial charge is 0.154 e. The summed E-state index contributed by atoms with van der Waals surface area (Å²) in [7, 11) is -1.01. The van der Waals surface area contributed by atoms with Gasteiger partial charge in [-0.15, -0.1) is 0 Å². The molecule has 0 aliphatic carbocycles. The second-order valence-corrected chi connectivity index (χ2v) is 8.09. The van der Waals surface area contributed by atoms with Crippen molar-refractivity contribution in [3.8, 4) is 0 Å². The Morgan fingerprint density at radius 1 is 1.50 bits per heavy atom. The van der Waals surface area contributed by atoms with Crippen LogP contribution in [0.2, 0.25) is 0 Å². The Morgan fingerprint density at radius 3 is 2.94 bits per heavy atom. The lowest BCUT2D eigenvalue weighted by Crippen LogP contribution is -2.45. The van der Waals surface area contributed by atoms with Crippen LogP contribution in [-0.2, 0) is 16.3 Å². The van der Waals surface area contributed by atoms with E-state index in [1.807, 2.05) is 7.05 Å². The molecule has 1 N–H and O–H groups in total. The molecule has 2 atom stereocenters. The van der Waals surface area contributed by atoms with E-state index in [9.17, 15) is 8.42 Å². The SMILES string of the molecule is CNC(CCc1ccsc1)C1CCCCS1(=O)=O. The first-order chi connectivity index (χ1) is 8.63. The molecule has 0 spiro atoms. The van der Waals surface area contributed by atoms with Crippen LogP contribution in [0, 0.1) is 0 Å². The molecule has 0 saturated carbocycles. The summed E-state index contributed by atoms with van der Waals surface area (Å²) in [6.07, 6.45) is 4.55. The Balaban J connectivity index is 1.99. The summed E-state index contributed by atoms with van der Waals surface area (Å²) in [5.41, 5.74) is 1.31. The molecule has 102 valence electrons. The lowest BCUT2D eigenvalue weighted by molar-refractivity contribution is 0.439. The molecular weight excluding hydrogens is 266 g/mol. The van der Waals surface area contributed by atoms with E-state index in [-0.39, 0.29) is 11.3 Å². The third kappa shape index (κ3) is 3.33. The van der Waals surface area contributed by atoms with Crippen molar-refractivity contribution in [1.82, 2.24) is 5.32 Å². The molecule has 1 aromatic heterocycles. The molecule has 2 unspecified atom stereocenters. The van der Waals surface area contributed by atoms with Crippen molar-refractivity contribution < 1.29 is 8.42 Å². The van der Waals surface area contributed by atoms with Gasteiger partial charge in [-0.3, -0.25) is 0 Å². The molecule has 1 aliphatic rings. The van der Waals surface area contributed by atoms with Crippen LogP contribution in [0.1, 0.15) is 31.2 Å². The number of rotatable bonds is 5. The van der Waals surface area contributed by atoms with Crippen LogP contribution in [0.3, 0.4) is 0 Å². The molecule has 2 rings (SSSR count). The van der Waals surface area contributed by atoms with E-state index < -0.39 is 9.84 Å². The molecule has 1 fully saturated rings. The van der Waals surface area contributed by atoms with Gasteiger partial charge in [0.2, 0.25) is 0 Å². The highest BCUT2D eigenvalue weighted by molar-refractivity contribution is 7.92. The number of thiophene rings is 1. The zero-order chi connectivity index (χ0) is 13.0. The summed E-state index contributed by atoms with van der Waals surface area (Å²) >= 11 is 1.70. The fourth-order valence-corrected chi connectivity index (χ4v) is 5.62. The summed E-state index contributed by atoms with van der Waals surface area (Å²) in [5.74, 6) is 0.369. The van der Waals surface area contributed by atoms with Crippen LogP contribution in [0.5, 0.6) is 0 Å². The number of hydrogen-bond acceptors (Lipinski definition) is 4.